The second-order valence-corrected chi connectivity index (χ2v) is 8.32. The van der Waals surface area contributed by atoms with Crippen LogP contribution in [0.3, 0.4) is 0 Å². The maximum absolute atomic E-state index is 13.1. The van der Waals surface area contributed by atoms with Crippen LogP contribution in [0.2, 0.25) is 0 Å². The number of carboxylic acid groups (broad SMARTS) is 1. The van der Waals surface area contributed by atoms with E-state index in [1.54, 1.807) is 66.7 Å². The monoisotopic (exact) mass is 479 g/mol. The Morgan fingerprint density at radius 3 is 1.64 bits per heavy atom. The summed E-state index contributed by atoms with van der Waals surface area (Å²) in [5, 5.41) is 15.2. The molecule has 0 fully saturated rings. The summed E-state index contributed by atoms with van der Waals surface area (Å²) in [5.74, 6) is -1.71. The molecule has 7 nitrogen and oxygen atoms in total. The third-order valence-electron chi connectivity index (χ3n) is 5.67. The Morgan fingerprint density at radius 1 is 0.611 bits per heavy atom. The van der Waals surface area contributed by atoms with Crippen LogP contribution < -0.4 is 15.5 Å². The number of nitrogens with one attached hydrogen (secondary N) is 2. The van der Waals surface area contributed by atoms with Crippen LogP contribution in [0.1, 0.15) is 31.1 Å². The average molecular weight is 480 g/mol. The van der Waals surface area contributed by atoms with Crippen molar-refractivity contribution >= 4 is 34.8 Å². The number of hydrogen-bond donors (Lipinski definition) is 3. The number of rotatable bonds is 7. The van der Waals surface area contributed by atoms with Crippen LogP contribution in [0.5, 0.6) is 0 Å². The fourth-order valence-electron chi connectivity index (χ4n) is 3.77. The maximum atomic E-state index is 13.1. The molecular weight excluding hydrogens is 454 g/mol. The Labute approximate surface area is 209 Å². The van der Waals surface area contributed by atoms with E-state index in [1.807, 2.05) is 43.3 Å². The van der Waals surface area contributed by atoms with Crippen molar-refractivity contribution in [2.75, 3.05) is 29.6 Å². The number of aromatic carboxylic acids is 1. The summed E-state index contributed by atoms with van der Waals surface area (Å²) < 4.78 is 0. The van der Waals surface area contributed by atoms with E-state index in [0.29, 0.717) is 33.6 Å². The van der Waals surface area contributed by atoms with E-state index >= 15 is 0 Å². The van der Waals surface area contributed by atoms with Crippen LogP contribution in [0, 0.1) is 0 Å². The Morgan fingerprint density at radius 2 is 1.08 bits per heavy atom. The molecule has 0 unspecified atom stereocenters. The molecule has 7 heteroatoms. The van der Waals surface area contributed by atoms with Gasteiger partial charge in [-0.25, -0.2) is 4.79 Å². The average Bonchev–Trinajstić information content (AvgIpc) is 2.89. The predicted molar refractivity (Wildman–Crippen MR) is 142 cm³/mol. The van der Waals surface area contributed by atoms with E-state index in [-0.39, 0.29) is 17.4 Å². The summed E-state index contributed by atoms with van der Waals surface area (Å²) in [6.45, 7) is 0. The van der Waals surface area contributed by atoms with Crippen molar-refractivity contribution in [3.8, 4) is 11.1 Å². The van der Waals surface area contributed by atoms with Gasteiger partial charge in [-0.15, -0.1) is 0 Å². The van der Waals surface area contributed by atoms with Crippen molar-refractivity contribution < 1.29 is 19.5 Å². The molecule has 0 aliphatic heterocycles. The van der Waals surface area contributed by atoms with Gasteiger partial charge in [0, 0.05) is 42.3 Å². The third-order valence-corrected chi connectivity index (χ3v) is 5.67. The third kappa shape index (κ3) is 5.42. The zero-order valence-corrected chi connectivity index (χ0v) is 19.9. The Balaban J connectivity index is 1.48. The number of benzene rings is 4. The molecule has 4 aromatic rings. The van der Waals surface area contributed by atoms with Gasteiger partial charge in [-0.2, -0.15) is 0 Å². The molecule has 3 N–H and O–H groups in total. The van der Waals surface area contributed by atoms with E-state index in [0.717, 1.165) is 5.69 Å². The number of carbonyl (C=O) groups is 3. The molecule has 0 aromatic heterocycles. The molecule has 180 valence electrons. The smallest absolute Gasteiger partial charge is 0.336 e. The fraction of sp³-hybridized carbons (Fsp3) is 0.0690. The molecule has 2 amide bonds. The SMILES string of the molecule is CN(C)c1ccc(NC(=O)c2ccc(NC(=O)c3ccccc3-c3ccccc3C(=O)O)cc2)cc1. The van der Waals surface area contributed by atoms with Gasteiger partial charge in [0.2, 0.25) is 0 Å². The summed E-state index contributed by atoms with van der Waals surface area (Å²) in [5.41, 5.74) is 4.10. The zero-order valence-electron chi connectivity index (χ0n) is 19.9. The molecule has 4 rings (SSSR count). The lowest BCUT2D eigenvalue weighted by Crippen LogP contribution is -2.15. The Hall–Kier alpha value is -4.91. The van der Waals surface area contributed by atoms with Gasteiger partial charge < -0.3 is 20.6 Å². The van der Waals surface area contributed by atoms with Gasteiger partial charge in [0.05, 0.1) is 5.56 Å². The van der Waals surface area contributed by atoms with Crippen LogP contribution in [0.15, 0.2) is 97.1 Å². The Bertz CT molecular complexity index is 1410. The lowest BCUT2D eigenvalue weighted by atomic mass is 9.95. The van der Waals surface area contributed by atoms with Gasteiger partial charge in [0.25, 0.3) is 11.8 Å². The summed E-state index contributed by atoms with van der Waals surface area (Å²) in [6.07, 6.45) is 0. The fourth-order valence-corrected chi connectivity index (χ4v) is 3.77. The highest BCUT2D eigenvalue weighted by atomic mass is 16.4. The minimum atomic E-state index is -1.07. The van der Waals surface area contributed by atoms with Gasteiger partial charge in [-0.3, -0.25) is 9.59 Å². The van der Waals surface area contributed by atoms with Crippen molar-refractivity contribution in [3.05, 3.63) is 114 Å². The first-order valence-corrected chi connectivity index (χ1v) is 11.3. The van der Waals surface area contributed by atoms with Gasteiger partial charge in [0.1, 0.15) is 0 Å². The molecule has 0 aliphatic carbocycles. The van der Waals surface area contributed by atoms with E-state index in [1.165, 1.54) is 6.07 Å². The van der Waals surface area contributed by atoms with Crippen LogP contribution in [0.4, 0.5) is 17.1 Å². The van der Waals surface area contributed by atoms with Crippen molar-refractivity contribution in [1.82, 2.24) is 0 Å². The van der Waals surface area contributed by atoms with Gasteiger partial charge in [0.15, 0.2) is 0 Å². The first kappa shape index (κ1) is 24.2. The second-order valence-electron chi connectivity index (χ2n) is 8.32. The quantitative estimate of drug-likeness (QED) is 0.319. The van der Waals surface area contributed by atoms with Crippen molar-refractivity contribution in [2.45, 2.75) is 0 Å². The molecule has 0 heterocycles. The molecule has 4 aromatic carbocycles. The molecule has 0 bridgehead atoms. The minimum absolute atomic E-state index is 0.115. The number of hydrogen-bond acceptors (Lipinski definition) is 4. The normalized spacial score (nSPS) is 10.4. The molecule has 0 saturated carbocycles. The number of carbonyl (C=O) groups excluding carboxylic acids is 2. The van der Waals surface area contributed by atoms with Crippen LogP contribution in [-0.4, -0.2) is 37.0 Å². The summed E-state index contributed by atoms with van der Waals surface area (Å²) in [4.78, 5) is 39.4. The molecule has 0 spiro atoms. The van der Waals surface area contributed by atoms with Crippen LogP contribution in [0.25, 0.3) is 11.1 Å². The highest BCUT2D eigenvalue weighted by Gasteiger charge is 2.18. The summed E-state index contributed by atoms with van der Waals surface area (Å²) in [6, 6.07) is 27.5. The van der Waals surface area contributed by atoms with Gasteiger partial charge in [-0.1, -0.05) is 36.4 Å². The maximum Gasteiger partial charge on any atom is 0.336 e. The number of anilines is 3. The van der Waals surface area contributed by atoms with E-state index in [4.69, 9.17) is 0 Å². The lowest BCUT2D eigenvalue weighted by molar-refractivity contribution is 0.0697. The minimum Gasteiger partial charge on any atom is -0.478 e. The first-order chi connectivity index (χ1) is 17.3. The number of amides is 2. The molecule has 36 heavy (non-hydrogen) atoms. The first-order valence-electron chi connectivity index (χ1n) is 11.3. The zero-order chi connectivity index (χ0) is 25.7. The molecule has 0 aliphatic rings. The van der Waals surface area contributed by atoms with Crippen molar-refractivity contribution in [1.29, 1.82) is 0 Å². The molecule has 0 saturated heterocycles. The molecule has 0 radical (unpaired) electrons. The largest absolute Gasteiger partial charge is 0.478 e. The highest BCUT2D eigenvalue weighted by Crippen LogP contribution is 2.28. The van der Waals surface area contributed by atoms with E-state index in [2.05, 4.69) is 10.6 Å². The van der Waals surface area contributed by atoms with Crippen molar-refractivity contribution in [3.63, 3.8) is 0 Å². The van der Waals surface area contributed by atoms with E-state index in [9.17, 15) is 19.5 Å². The number of nitrogens with zero attached hydrogens (tertiary/aromatic N) is 1. The highest BCUT2D eigenvalue weighted by molar-refractivity contribution is 6.10. The standard InChI is InChI=1S/C29H25N3O4/c1-32(2)22-17-15-21(16-18-22)30-27(33)19-11-13-20(14-12-19)31-28(34)25-9-5-3-7-23(25)24-8-4-6-10-26(24)29(35)36/h3-18H,1-2H3,(H,30,33)(H,31,34)(H,35,36). The predicted octanol–water partition coefficient (Wildman–Crippen LogP) is 5.62. The second kappa shape index (κ2) is 10.6. The van der Waals surface area contributed by atoms with Crippen LogP contribution in [-0.2, 0) is 0 Å². The lowest BCUT2D eigenvalue weighted by Gasteiger charge is -2.13. The number of carboxylic acids is 1. The van der Waals surface area contributed by atoms with Crippen molar-refractivity contribution in [2.24, 2.45) is 0 Å². The molecule has 0 atom stereocenters. The van der Waals surface area contributed by atoms with Gasteiger partial charge >= 0.3 is 5.97 Å². The Kier molecular flexibility index (Phi) is 7.11. The topological polar surface area (TPSA) is 98.7 Å². The molecular formula is C29H25N3O4. The summed E-state index contributed by atoms with van der Waals surface area (Å²) >= 11 is 0. The van der Waals surface area contributed by atoms with Gasteiger partial charge in [-0.05, 0) is 71.8 Å². The van der Waals surface area contributed by atoms with Crippen LogP contribution >= 0.6 is 0 Å². The summed E-state index contributed by atoms with van der Waals surface area (Å²) in [7, 11) is 3.89. The van der Waals surface area contributed by atoms with E-state index < -0.39 is 5.97 Å².